The van der Waals surface area contributed by atoms with Gasteiger partial charge in [-0.15, -0.1) is 0 Å². The van der Waals surface area contributed by atoms with Gasteiger partial charge in [-0.2, -0.15) is 13.7 Å². The summed E-state index contributed by atoms with van der Waals surface area (Å²) >= 11 is 0. The quantitative estimate of drug-likeness (QED) is 0.544. The van der Waals surface area contributed by atoms with Crippen LogP contribution in [0.15, 0.2) is 0 Å². The van der Waals surface area contributed by atoms with Crippen LogP contribution in [0.3, 0.4) is 0 Å². The van der Waals surface area contributed by atoms with Gasteiger partial charge in [-0.1, -0.05) is 0 Å². The Bertz CT molecular complexity index is 240. The SMILES string of the molecule is COCC(C#N)OS(C)(=O)=O. The molecule has 0 N–H and O–H groups in total. The molecule has 0 saturated carbocycles. The molecule has 64 valence electrons. The molecule has 11 heavy (non-hydrogen) atoms. The summed E-state index contributed by atoms with van der Waals surface area (Å²) in [5.74, 6) is 0. The Hall–Kier alpha value is -0.640. The molecule has 0 amide bonds. The summed E-state index contributed by atoms with van der Waals surface area (Å²) in [5.41, 5.74) is 0. The van der Waals surface area contributed by atoms with E-state index in [0.29, 0.717) is 0 Å². The van der Waals surface area contributed by atoms with Crippen LogP contribution in [0.5, 0.6) is 0 Å². The largest absolute Gasteiger partial charge is 0.381 e. The summed E-state index contributed by atoms with van der Waals surface area (Å²) in [6, 6.07) is 1.63. The molecular formula is C5H9NO4S. The first-order valence-electron chi connectivity index (χ1n) is 2.76. The van der Waals surface area contributed by atoms with Gasteiger partial charge < -0.3 is 4.74 Å². The third-order valence-corrected chi connectivity index (χ3v) is 1.33. The highest BCUT2D eigenvalue weighted by molar-refractivity contribution is 7.86. The van der Waals surface area contributed by atoms with Crippen LogP contribution in [0, 0.1) is 11.3 Å². The zero-order valence-electron chi connectivity index (χ0n) is 6.27. The van der Waals surface area contributed by atoms with Crippen LogP contribution in [0.4, 0.5) is 0 Å². The molecule has 0 aromatic rings. The monoisotopic (exact) mass is 179 g/mol. The van der Waals surface area contributed by atoms with Crippen LogP contribution in [0.2, 0.25) is 0 Å². The second-order valence-electron chi connectivity index (χ2n) is 1.87. The van der Waals surface area contributed by atoms with Crippen LogP contribution in [0.25, 0.3) is 0 Å². The van der Waals surface area contributed by atoms with E-state index in [4.69, 9.17) is 5.26 Å². The lowest BCUT2D eigenvalue weighted by molar-refractivity contribution is 0.116. The first-order valence-corrected chi connectivity index (χ1v) is 4.58. The fraction of sp³-hybridized carbons (Fsp3) is 0.800. The third kappa shape index (κ3) is 5.79. The van der Waals surface area contributed by atoms with E-state index in [1.54, 1.807) is 6.07 Å². The van der Waals surface area contributed by atoms with E-state index in [1.807, 2.05) is 0 Å². The minimum absolute atomic E-state index is 0.0520. The number of rotatable bonds is 4. The number of hydrogen-bond acceptors (Lipinski definition) is 5. The molecule has 0 rings (SSSR count). The van der Waals surface area contributed by atoms with Gasteiger partial charge >= 0.3 is 0 Å². The second-order valence-corrected chi connectivity index (χ2v) is 3.47. The fourth-order valence-corrected chi connectivity index (χ4v) is 0.970. The zero-order chi connectivity index (χ0) is 8.91. The van der Waals surface area contributed by atoms with Crippen molar-refractivity contribution in [3.8, 4) is 6.07 Å². The fourth-order valence-electron chi connectivity index (χ4n) is 0.449. The van der Waals surface area contributed by atoms with Crippen LogP contribution in [-0.4, -0.2) is 34.5 Å². The predicted molar refractivity (Wildman–Crippen MR) is 37.2 cm³/mol. The van der Waals surface area contributed by atoms with Crippen molar-refractivity contribution in [2.45, 2.75) is 6.10 Å². The topological polar surface area (TPSA) is 76.4 Å². The predicted octanol–water partition coefficient (Wildman–Crippen LogP) is -0.499. The average Bonchev–Trinajstić information content (AvgIpc) is 1.84. The summed E-state index contributed by atoms with van der Waals surface area (Å²) in [6.07, 6.45) is -0.164. The maximum Gasteiger partial charge on any atom is 0.265 e. The molecule has 0 bridgehead atoms. The summed E-state index contributed by atoms with van der Waals surface area (Å²) in [7, 11) is -2.20. The first kappa shape index (κ1) is 10.4. The molecule has 0 aliphatic heterocycles. The number of nitriles is 1. The number of methoxy groups -OCH3 is 1. The van der Waals surface area contributed by atoms with E-state index in [0.717, 1.165) is 6.26 Å². The second kappa shape index (κ2) is 4.28. The van der Waals surface area contributed by atoms with Gasteiger partial charge in [0.25, 0.3) is 10.1 Å². The standard InChI is InChI=1S/C5H9NO4S/c1-9-4-5(3-6)10-11(2,7)8/h5H,4H2,1-2H3. The molecule has 0 heterocycles. The molecule has 0 saturated heterocycles. The molecule has 0 aromatic heterocycles. The Morgan fingerprint density at radius 2 is 2.18 bits per heavy atom. The van der Waals surface area contributed by atoms with E-state index in [2.05, 4.69) is 8.92 Å². The minimum atomic E-state index is -3.56. The Morgan fingerprint density at radius 1 is 1.64 bits per heavy atom. The smallest absolute Gasteiger partial charge is 0.265 e. The lowest BCUT2D eigenvalue weighted by Crippen LogP contribution is -2.20. The molecule has 0 fully saturated rings. The Morgan fingerprint density at radius 3 is 2.45 bits per heavy atom. The van der Waals surface area contributed by atoms with Crippen LogP contribution in [0.1, 0.15) is 0 Å². The van der Waals surface area contributed by atoms with Crippen molar-refractivity contribution in [3.63, 3.8) is 0 Å². The van der Waals surface area contributed by atoms with E-state index in [1.165, 1.54) is 7.11 Å². The number of hydrogen-bond donors (Lipinski definition) is 0. The zero-order valence-corrected chi connectivity index (χ0v) is 7.09. The van der Waals surface area contributed by atoms with Gasteiger partial charge in [0, 0.05) is 7.11 Å². The van der Waals surface area contributed by atoms with Gasteiger partial charge in [-0.05, 0) is 0 Å². The van der Waals surface area contributed by atoms with Crippen molar-refractivity contribution in [3.05, 3.63) is 0 Å². The van der Waals surface area contributed by atoms with E-state index in [9.17, 15) is 8.42 Å². The van der Waals surface area contributed by atoms with Gasteiger partial charge in [0.1, 0.15) is 0 Å². The maximum absolute atomic E-state index is 10.4. The normalized spacial score (nSPS) is 13.9. The molecule has 6 heteroatoms. The maximum atomic E-state index is 10.4. The summed E-state index contributed by atoms with van der Waals surface area (Å²) in [6.45, 7) is -0.0520. The average molecular weight is 179 g/mol. The van der Waals surface area contributed by atoms with E-state index >= 15 is 0 Å². The Kier molecular flexibility index (Phi) is 4.03. The molecule has 0 aromatic carbocycles. The first-order chi connectivity index (χ1) is 4.99. The van der Waals surface area contributed by atoms with Crippen molar-refractivity contribution in [2.24, 2.45) is 0 Å². The van der Waals surface area contributed by atoms with E-state index < -0.39 is 16.2 Å². The van der Waals surface area contributed by atoms with Gasteiger partial charge in [0.2, 0.25) is 0 Å². The highest BCUT2D eigenvalue weighted by Gasteiger charge is 2.13. The van der Waals surface area contributed by atoms with Gasteiger partial charge in [0.05, 0.1) is 18.9 Å². The van der Waals surface area contributed by atoms with Crippen molar-refractivity contribution in [1.29, 1.82) is 5.26 Å². The molecule has 0 aliphatic carbocycles. The minimum Gasteiger partial charge on any atom is -0.381 e. The number of nitrogens with zero attached hydrogens (tertiary/aromatic N) is 1. The highest BCUT2D eigenvalue weighted by Crippen LogP contribution is 1.96. The summed E-state index contributed by atoms with van der Waals surface area (Å²) in [5, 5.41) is 8.30. The number of ether oxygens (including phenoxy) is 1. The van der Waals surface area contributed by atoms with Crippen molar-refractivity contribution >= 4 is 10.1 Å². The Labute approximate surface area is 65.7 Å². The Balaban J connectivity index is 4.02. The van der Waals surface area contributed by atoms with Crippen LogP contribution >= 0.6 is 0 Å². The third-order valence-electron chi connectivity index (χ3n) is 0.753. The molecule has 1 atom stereocenters. The lowest BCUT2D eigenvalue weighted by Gasteiger charge is -2.05. The van der Waals surface area contributed by atoms with Crippen molar-refractivity contribution < 1.29 is 17.3 Å². The molecule has 0 aliphatic rings. The molecule has 5 nitrogen and oxygen atoms in total. The summed E-state index contributed by atoms with van der Waals surface area (Å²) < 4.78 is 29.7. The highest BCUT2D eigenvalue weighted by atomic mass is 32.2. The lowest BCUT2D eigenvalue weighted by atomic mass is 10.4. The van der Waals surface area contributed by atoms with Crippen molar-refractivity contribution in [2.75, 3.05) is 20.0 Å². The summed E-state index contributed by atoms with van der Waals surface area (Å²) in [4.78, 5) is 0. The molecule has 1 unspecified atom stereocenters. The van der Waals surface area contributed by atoms with Crippen molar-refractivity contribution in [1.82, 2.24) is 0 Å². The van der Waals surface area contributed by atoms with Gasteiger partial charge in [-0.3, -0.25) is 0 Å². The van der Waals surface area contributed by atoms with Crippen LogP contribution in [-0.2, 0) is 19.0 Å². The molecule has 0 spiro atoms. The molecular weight excluding hydrogens is 170 g/mol. The van der Waals surface area contributed by atoms with Crippen LogP contribution < -0.4 is 0 Å². The van der Waals surface area contributed by atoms with E-state index in [-0.39, 0.29) is 6.61 Å². The van der Waals surface area contributed by atoms with Gasteiger partial charge in [-0.25, -0.2) is 4.18 Å². The molecule has 0 radical (unpaired) electrons. The van der Waals surface area contributed by atoms with Gasteiger partial charge in [0.15, 0.2) is 6.10 Å².